The maximum Gasteiger partial charge on any atom is 0.249 e. The smallest absolute Gasteiger partial charge is 0.249 e. The van der Waals surface area contributed by atoms with Crippen LogP contribution in [0.15, 0.2) is 17.5 Å². The minimum atomic E-state index is -0.682. The van der Waals surface area contributed by atoms with Gasteiger partial charge in [-0.2, -0.15) is 0 Å². The fourth-order valence-corrected chi connectivity index (χ4v) is 3.96. The summed E-state index contributed by atoms with van der Waals surface area (Å²) in [5.41, 5.74) is -0.682. The van der Waals surface area contributed by atoms with Gasteiger partial charge in [0.1, 0.15) is 11.6 Å². The van der Waals surface area contributed by atoms with Crippen molar-refractivity contribution in [3.05, 3.63) is 22.4 Å². The van der Waals surface area contributed by atoms with Gasteiger partial charge in [-0.3, -0.25) is 9.59 Å². The third kappa shape index (κ3) is 2.59. The zero-order chi connectivity index (χ0) is 15.0. The Labute approximate surface area is 129 Å². The average Bonchev–Trinajstić information content (AvgIpc) is 3.20. The molecule has 21 heavy (non-hydrogen) atoms. The lowest BCUT2D eigenvalue weighted by atomic mass is 9.88. The first-order chi connectivity index (χ1) is 10.1. The highest BCUT2D eigenvalue weighted by Crippen LogP contribution is 2.42. The number of carbonyl (C=O) groups excluding carboxylic acids is 2. The topological polar surface area (TPSA) is 49.4 Å². The minimum absolute atomic E-state index is 0.0117. The summed E-state index contributed by atoms with van der Waals surface area (Å²) in [6, 6.07) is 3.79. The highest BCUT2D eigenvalue weighted by atomic mass is 32.1. The number of nitrogens with one attached hydrogen (secondary N) is 1. The predicted molar refractivity (Wildman–Crippen MR) is 83.1 cm³/mol. The molecule has 2 unspecified atom stereocenters. The van der Waals surface area contributed by atoms with Crippen molar-refractivity contribution in [2.45, 2.75) is 51.1 Å². The Morgan fingerprint density at radius 1 is 1.43 bits per heavy atom. The summed E-state index contributed by atoms with van der Waals surface area (Å²) in [5.74, 6) is 0.432. The molecule has 1 aliphatic carbocycles. The minimum Gasteiger partial charge on any atom is -0.340 e. The van der Waals surface area contributed by atoms with Crippen molar-refractivity contribution in [3.63, 3.8) is 0 Å². The number of thiophene rings is 1. The van der Waals surface area contributed by atoms with Crippen LogP contribution in [0.4, 0.5) is 0 Å². The second-order valence-corrected chi connectivity index (χ2v) is 7.25. The zero-order valence-electron chi connectivity index (χ0n) is 12.6. The molecule has 0 radical (unpaired) electrons. The van der Waals surface area contributed by atoms with Gasteiger partial charge in [-0.05, 0) is 50.0 Å². The molecule has 1 saturated heterocycles. The molecule has 4 nitrogen and oxygen atoms in total. The summed E-state index contributed by atoms with van der Waals surface area (Å²) >= 11 is 1.70. The molecule has 2 amide bonds. The number of amides is 2. The Bertz CT molecular complexity index is 538. The Hall–Kier alpha value is -1.36. The van der Waals surface area contributed by atoms with Crippen LogP contribution in [-0.4, -0.2) is 34.8 Å². The lowest BCUT2D eigenvalue weighted by Gasteiger charge is -2.44. The molecule has 5 heteroatoms. The lowest BCUT2D eigenvalue weighted by Crippen LogP contribution is -2.70. The molecular formula is C16H22N2O2S. The Morgan fingerprint density at radius 3 is 2.76 bits per heavy atom. The van der Waals surface area contributed by atoms with Gasteiger partial charge in [-0.25, -0.2) is 0 Å². The number of carbonyl (C=O) groups is 2. The van der Waals surface area contributed by atoms with Crippen LogP contribution in [0.5, 0.6) is 0 Å². The summed E-state index contributed by atoms with van der Waals surface area (Å²) in [7, 11) is 0. The standard InChI is InChI=1S/C16H22N2O2S/c1-3-13-14(19)17-16(2,11-6-7-11)15(20)18(13)9-8-12-5-4-10-21-12/h4-5,10-11,13H,3,6-9H2,1-2H3,(H,17,19). The molecule has 1 aromatic rings. The molecular weight excluding hydrogens is 284 g/mol. The molecule has 0 bridgehead atoms. The molecule has 1 N–H and O–H groups in total. The molecule has 1 saturated carbocycles. The Morgan fingerprint density at radius 2 is 2.19 bits per heavy atom. The van der Waals surface area contributed by atoms with Gasteiger partial charge in [-0.15, -0.1) is 11.3 Å². The second kappa shape index (κ2) is 5.44. The van der Waals surface area contributed by atoms with Crippen LogP contribution in [-0.2, 0) is 16.0 Å². The maximum atomic E-state index is 12.9. The number of hydrogen-bond acceptors (Lipinski definition) is 3. The van der Waals surface area contributed by atoms with E-state index in [0.717, 1.165) is 19.3 Å². The summed E-state index contributed by atoms with van der Waals surface area (Å²) < 4.78 is 0. The van der Waals surface area contributed by atoms with Crippen molar-refractivity contribution in [1.82, 2.24) is 10.2 Å². The summed E-state index contributed by atoms with van der Waals surface area (Å²) in [6.45, 7) is 4.50. The first-order valence-electron chi connectivity index (χ1n) is 7.71. The molecule has 114 valence electrons. The van der Waals surface area contributed by atoms with Gasteiger partial charge >= 0.3 is 0 Å². The van der Waals surface area contributed by atoms with E-state index in [-0.39, 0.29) is 17.9 Å². The van der Waals surface area contributed by atoms with Gasteiger partial charge in [0.2, 0.25) is 11.8 Å². The van der Waals surface area contributed by atoms with E-state index in [0.29, 0.717) is 18.9 Å². The third-order valence-electron chi connectivity index (χ3n) is 4.73. The molecule has 2 aliphatic rings. The van der Waals surface area contributed by atoms with Crippen LogP contribution in [0.25, 0.3) is 0 Å². The van der Waals surface area contributed by atoms with Crippen LogP contribution in [0, 0.1) is 5.92 Å². The summed E-state index contributed by atoms with van der Waals surface area (Å²) in [6.07, 6.45) is 3.58. The summed E-state index contributed by atoms with van der Waals surface area (Å²) in [5, 5.41) is 5.05. The van der Waals surface area contributed by atoms with E-state index in [9.17, 15) is 9.59 Å². The van der Waals surface area contributed by atoms with Gasteiger partial charge in [0, 0.05) is 11.4 Å². The number of piperazine rings is 1. The third-order valence-corrected chi connectivity index (χ3v) is 5.66. The zero-order valence-corrected chi connectivity index (χ0v) is 13.4. The van der Waals surface area contributed by atoms with E-state index in [1.54, 1.807) is 11.3 Å². The van der Waals surface area contributed by atoms with E-state index in [2.05, 4.69) is 11.4 Å². The Balaban J connectivity index is 1.79. The quantitative estimate of drug-likeness (QED) is 0.906. The monoisotopic (exact) mass is 306 g/mol. The molecule has 1 aromatic heterocycles. The lowest BCUT2D eigenvalue weighted by molar-refractivity contribution is -0.155. The fourth-order valence-electron chi connectivity index (χ4n) is 3.26. The van der Waals surface area contributed by atoms with Gasteiger partial charge < -0.3 is 10.2 Å². The first-order valence-corrected chi connectivity index (χ1v) is 8.59. The van der Waals surface area contributed by atoms with Crippen molar-refractivity contribution in [3.8, 4) is 0 Å². The van der Waals surface area contributed by atoms with E-state index in [4.69, 9.17) is 0 Å². The molecule has 0 aromatic carbocycles. The molecule has 0 spiro atoms. The fraction of sp³-hybridized carbons (Fsp3) is 0.625. The molecule has 2 atom stereocenters. The van der Waals surface area contributed by atoms with Crippen molar-refractivity contribution in [1.29, 1.82) is 0 Å². The van der Waals surface area contributed by atoms with Crippen LogP contribution in [0.1, 0.15) is 38.0 Å². The highest BCUT2D eigenvalue weighted by Gasteiger charge is 2.54. The largest absolute Gasteiger partial charge is 0.340 e. The van der Waals surface area contributed by atoms with E-state index in [1.165, 1.54) is 4.88 Å². The van der Waals surface area contributed by atoms with Gasteiger partial charge in [0.05, 0.1) is 0 Å². The first kappa shape index (κ1) is 14.6. The molecule has 1 aliphatic heterocycles. The maximum absolute atomic E-state index is 12.9. The van der Waals surface area contributed by atoms with E-state index >= 15 is 0 Å². The SMILES string of the molecule is CCC1C(=O)NC(C)(C2CC2)C(=O)N1CCc1cccs1. The number of hydrogen-bond donors (Lipinski definition) is 1. The van der Waals surface area contributed by atoms with Crippen LogP contribution in [0.3, 0.4) is 0 Å². The summed E-state index contributed by atoms with van der Waals surface area (Å²) in [4.78, 5) is 28.4. The van der Waals surface area contributed by atoms with E-state index in [1.807, 2.05) is 30.2 Å². The molecule has 2 heterocycles. The normalized spacial score (nSPS) is 29.6. The molecule has 3 rings (SSSR count). The van der Waals surface area contributed by atoms with E-state index < -0.39 is 5.54 Å². The van der Waals surface area contributed by atoms with Crippen LogP contribution in [0.2, 0.25) is 0 Å². The average molecular weight is 306 g/mol. The van der Waals surface area contributed by atoms with Crippen LogP contribution >= 0.6 is 11.3 Å². The second-order valence-electron chi connectivity index (χ2n) is 6.22. The Kier molecular flexibility index (Phi) is 3.78. The predicted octanol–water partition coefficient (Wildman–Crippen LogP) is 2.20. The van der Waals surface area contributed by atoms with Gasteiger partial charge in [-0.1, -0.05) is 13.0 Å². The van der Waals surface area contributed by atoms with Crippen molar-refractivity contribution in [2.24, 2.45) is 5.92 Å². The van der Waals surface area contributed by atoms with Crippen LogP contribution < -0.4 is 5.32 Å². The van der Waals surface area contributed by atoms with Gasteiger partial charge in [0.25, 0.3) is 0 Å². The highest BCUT2D eigenvalue weighted by molar-refractivity contribution is 7.09. The molecule has 2 fully saturated rings. The van der Waals surface area contributed by atoms with Crippen molar-refractivity contribution in [2.75, 3.05) is 6.54 Å². The number of rotatable bonds is 5. The van der Waals surface area contributed by atoms with Crippen molar-refractivity contribution >= 4 is 23.2 Å². The number of nitrogens with zero attached hydrogens (tertiary/aromatic N) is 1. The van der Waals surface area contributed by atoms with Crippen molar-refractivity contribution < 1.29 is 9.59 Å². The van der Waals surface area contributed by atoms with Gasteiger partial charge in [0.15, 0.2) is 0 Å².